The summed E-state index contributed by atoms with van der Waals surface area (Å²) in [5.41, 5.74) is -0.277. The fraction of sp³-hybridized carbons (Fsp3) is 0.625. The maximum absolute atomic E-state index is 11.2. The van der Waals surface area contributed by atoms with Gasteiger partial charge in [-0.1, -0.05) is 0 Å². The molecule has 3 N–H and O–H groups in total. The van der Waals surface area contributed by atoms with Crippen LogP contribution in [0.25, 0.3) is 0 Å². The Morgan fingerprint density at radius 1 is 1.71 bits per heavy atom. The maximum atomic E-state index is 11.2. The smallest absolute Gasteiger partial charge is 0.327 e. The quantitative estimate of drug-likeness (QED) is 0.560. The van der Waals surface area contributed by atoms with Crippen LogP contribution in [0.1, 0.15) is 12.6 Å². The normalized spacial score (nSPS) is 32.3. The third kappa shape index (κ3) is 1.47. The number of hydrogen-bond acceptors (Lipinski definition) is 4. The van der Waals surface area contributed by atoms with Crippen molar-refractivity contribution in [1.29, 1.82) is 0 Å². The highest BCUT2D eigenvalue weighted by Crippen LogP contribution is 2.26. The fourth-order valence-corrected chi connectivity index (χ4v) is 1.61. The van der Waals surface area contributed by atoms with Crippen LogP contribution in [-0.4, -0.2) is 38.6 Å². The third-order valence-corrected chi connectivity index (χ3v) is 2.37. The molecule has 14 heavy (non-hydrogen) atoms. The zero-order chi connectivity index (χ0) is 10.1. The minimum atomic E-state index is -0.716. The van der Waals surface area contributed by atoms with Gasteiger partial charge in [0.1, 0.15) is 12.3 Å². The van der Waals surface area contributed by atoms with Gasteiger partial charge in [0.05, 0.1) is 12.7 Å². The van der Waals surface area contributed by atoms with Crippen molar-refractivity contribution < 1.29 is 14.9 Å². The second kappa shape index (κ2) is 3.56. The van der Waals surface area contributed by atoms with E-state index in [4.69, 9.17) is 9.84 Å². The van der Waals surface area contributed by atoms with Crippen molar-refractivity contribution in [3.8, 4) is 0 Å². The van der Waals surface area contributed by atoms with E-state index in [2.05, 4.69) is 4.98 Å². The molecule has 6 nitrogen and oxygen atoms in total. The topological polar surface area (TPSA) is 87.5 Å². The van der Waals surface area contributed by atoms with E-state index in [-0.39, 0.29) is 12.3 Å². The molecule has 1 aliphatic heterocycles. The van der Waals surface area contributed by atoms with Crippen molar-refractivity contribution in [2.24, 2.45) is 0 Å². The Bertz CT molecular complexity index is 358. The Labute approximate surface area is 79.8 Å². The van der Waals surface area contributed by atoms with Crippen molar-refractivity contribution >= 4 is 0 Å². The SMILES string of the molecule is O=c1[nH]ccn1[C@H]1C[C@@H](O)[C@@H](CO)O1. The molecule has 1 aromatic heterocycles. The van der Waals surface area contributed by atoms with Gasteiger partial charge in [0, 0.05) is 18.8 Å². The van der Waals surface area contributed by atoms with Gasteiger partial charge in [-0.3, -0.25) is 4.57 Å². The summed E-state index contributed by atoms with van der Waals surface area (Å²) >= 11 is 0. The molecule has 1 saturated heterocycles. The average Bonchev–Trinajstić information content (AvgIpc) is 2.71. The van der Waals surface area contributed by atoms with Gasteiger partial charge in [0.15, 0.2) is 0 Å². The number of aromatic nitrogens is 2. The van der Waals surface area contributed by atoms with Gasteiger partial charge < -0.3 is 19.9 Å². The van der Waals surface area contributed by atoms with Crippen molar-refractivity contribution in [2.75, 3.05) is 6.61 Å². The lowest BCUT2D eigenvalue weighted by Crippen LogP contribution is -2.25. The molecule has 78 valence electrons. The Morgan fingerprint density at radius 3 is 3.00 bits per heavy atom. The second-order valence-electron chi connectivity index (χ2n) is 3.29. The number of nitrogens with zero attached hydrogens (tertiary/aromatic N) is 1. The van der Waals surface area contributed by atoms with E-state index < -0.39 is 18.4 Å². The van der Waals surface area contributed by atoms with Crippen LogP contribution in [0, 0.1) is 0 Å². The summed E-state index contributed by atoms with van der Waals surface area (Å²) in [4.78, 5) is 13.7. The number of hydrogen-bond donors (Lipinski definition) is 3. The van der Waals surface area contributed by atoms with Crippen LogP contribution in [0.15, 0.2) is 17.2 Å². The predicted octanol–water partition coefficient (Wildman–Crippen LogP) is -1.18. The van der Waals surface area contributed by atoms with Crippen molar-refractivity contribution in [1.82, 2.24) is 9.55 Å². The van der Waals surface area contributed by atoms with E-state index in [0.29, 0.717) is 6.42 Å². The first-order chi connectivity index (χ1) is 6.72. The second-order valence-corrected chi connectivity index (χ2v) is 3.29. The lowest BCUT2D eigenvalue weighted by Gasteiger charge is -2.11. The number of aliphatic hydroxyl groups is 2. The molecule has 0 saturated carbocycles. The van der Waals surface area contributed by atoms with E-state index in [1.807, 2.05) is 0 Å². The molecular weight excluding hydrogens is 188 g/mol. The molecule has 0 amide bonds. The van der Waals surface area contributed by atoms with Crippen molar-refractivity contribution in [3.63, 3.8) is 0 Å². The summed E-state index contributed by atoms with van der Waals surface area (Å²) in [5.74, 6) is 0. The molecular formula is C8H12N2O4. The summed E-state index contributed by atoms with van der Waals surface area (Å²) in [5, 5.41) is 18.3. The van der Waals surface area contributed by atoms with Crippen LogP contribution < -0.4 is 5.69 Å². The molecule has 1 fully saturated rings. The van der Waals surface area contributed by atoms with Crippen molar-refractivity contribution in [3.05, 3.63) is 22.9 Å². The van der Waals surface area contributed by atoms with Gasteiger partial charge in [-0.15, -0.1) is 0 Å². The summed E-state index contributed by atoms with van der Waals surface area (Å²) < 4.78 is 6.65. The Morgan fingerprint density at radius 2 is 2.50 bits per heavy atom. The highest BCUT2D eigenvalue weighted by molar-refractivity contribution is 4.85. The summed E-state index contributed by atoms with van der Waals surface area (Å²) in [6.07, 6.45) is 1.58. The van der Waals surface area contributed by atoms with E-state index in [9.17, 15) is 9.90 Å². The molecule has 2 heterocycles. The fourth-order valence-electron chi connectivity index (χ4n) is 1.61. The first-order valence-corrected chi connectivity index (χ1v) is 4.42. The molecule has 0 spiro atoms. The molecule has 0 aromatic carbocycles. The molecule has 0 aliphatic carbocycles. The minimum absolute atomic E-state index is 0.239. The lowest BCUT2D eigenvalue weighted by atomic mass is 10.2. The van der Waals surface area contributed by atoms with Gasteiger partial charge in [0.25, 0.3) is 0 Å². The van der Waals surface area contributed by atoms with Crippen LogP contribution >= 0.6 is 0 Å². The zero-order valence-corrected chi connectivity index (χ0v) is 7.46. The van der Waals surface area contributed by atoms with E-state index >= 15 is 0 Å². The Balaban J connectivity index is 2.16. The molecule has 1 aliphatic rings. The molecule has 1 aromatic rings. The number of nitrogens with one attached hydrogen (secondary N) is 1. The number of aromatic amines is 1. The number of imidazole rings is 1. The van der Waals surface area contributed by atoms with Crippen molar-refractivity contribution in [2.45, 2.75) is 24.9 Å². The van der Waals surface area contributed by atoms with E-state index in [1.54, 1.807) is 6.20 Å². The number of rotatable bonds is 2. The van der Waals surface area contributed by atoms with E-state index in [1.165, 1.54) is 10.8 Å². The van der Waals surface area contributed by atoms with Crippen LogP contribution in [0.3, 0.4) is 0 Å². The average molecular weight is 200 g/mol. The number of ether oxygens (including phenoxy) is 1. The highest BCUT2D eigenvalue weighted by Gasteiger charge is 2.34. The summed E-state index contributed by atoms with van der Waals surface area (Å²) in [6.45, 7) is -0.239. The molecule has 0 radical (unpaired) electrons. The van der Waals surface area contributed by atoms with Crippen LogP contribution in [0.5, 0.6) is 0 Å². The first-order valence-electron chi connectivity index (χ1n) is 4.42. The molecule has 6 heteroatoms. The molecule has 0 bridgehead atoms. The van der Waals surface area contributed by atoms with Gasteiger partial charge in [-0.2, -0.15) is 0 Å². The van der Waals surface area contributed by atoms with E-state index in [0.717, 1.165) is 0 Å². The van der Waals surface area contributed by atoms with Crippen LogP contribution in [0.2, 0.25) is 0 Å². The van der Waals surface area contributed by atoms with Gasteiger partial charge in [-0.25, -0.2) is 4.79 Å². The van der Waals surface area contributed by atoms with Crippen LogP contribution in [0.4, 0.5) is 0 Å². The first kappa shape index (κ1) is 9.45. The minimum Gasteiger partial charge on any atom is -0.394 e. The zero-order valence-electron chi connectivity index (χ0n) is 7.46. The number of H-pyrrole nitrogens is 1. The Kier molecular flexibility index (Phi) is 2.40. The van der Waals surface area contributed by atoms with Crippen LogP contribution in [-0.2, 0) is 4.74 Å². The van der Waals surface area contributed by atoms with Gasteiger partial charge >= 0.3 is 5.69 Å². The largest absolute Gasteiger partial charge is 0.394 e. The maximum Gasteiger partial charge on any atom is 0.327 e. The summed E-state index contributed by atoms with van der Waals surface area (Å²) in [6, 6.07) is 0. The number of aliphatic hydroxyl groups excluding tert-OH is 2. The monoisotopic (exact) mass is 200 g/mol. The molecule has 0 unspecified atom stereocenters. The molecule has 3 atom stereocenters. The molecule has 2 rings (SSSR count). The van der Waals surface area contributed by atoms with Gasteiger partial charge in [-0.05, 0) is 0 Å². The third-order valence-electron chi connectivity index (χ3n) is 2.37. The lowest BCUT2D eigenvalue weighted by molar-refractivity contribution is -0.0453. The van der Waals surface area contributed by atoms with Gasteiger partial charge in [0.2, 0.25) is 0 Å². The Hall–Kier alpha value is -1.11. The highest BCUT2D eigenvalue weighted by atomic mass is 16.5. The predicted molar refractivity (Wildman–Crippen MR) is 46.7 cm³/mol. The summed E-state index contributed by atoms with van der Waals surface area (Å²) in [7, 11) is 0. The standard InChI is InChI=1S/C8H12N2O4/c11-4-6-5(12)3-7(14-6)10-2-1-9-8(10)13/h1-2,5-7,11-12H,3-4H2,(H,9,13)/t5-,6-,7-/m1/s1.